The van der Waals surface area contributed by atoms with E-state index in [0.29, 0.717) is 0 Å². The Balaban J connectivity index is 2.52. The number of hydrazone groups is 1. The number of guanidine groups is 1. The van der Waals surface area contributed by atoms with Crippen LogP contribution in [-0.4, -0.2) is 12.3 Å². The zero-order valence-electron chi connectivity index (χ0n) is 7.94. The Morgan fingerprint density at radius 2 is 1.93 bits per heavy atom. The molecule has 14 heavy (non-hydrogen) atoms. The maximum Gasteiger partial charge on any atom is 0.208 e. The lowest BCUT2D eigenvalue weighted by molar-refractivity contribution is 1.04. The van der Waals surface area contributed by atoms with E-state index >= 15 is 0 Å². The topological polar surface area (TPSA) is 88.8 Å². The van der Waals surface area contributed by atoms with E-state index in [0.717, 1.165) is 5.69 Å². The van der Waals surface area contributed by atoms with Gasteiger partial charge in [-0.1, -0.05) is 17.7 Å². The summed E-state index contributed by atoms with van der Waals surface area (Å²) in [6, 6.07) is 7.77. The van der Waals surface area contributed by atoms with Gasteiger partial charge in [0.25, 0.3) is 0 Å². The van der Waals surface area contributed by atoms with E-state index in [2.05, 4.69) is 15.5 Å². The number of hydrogen-bond donors (Lipinski definition) is 3. The molecule has 0 bridgehead atoms. The number of rotatable bonds is 3. The minimum absolute atomic E-state index is 0.0274. The van der Waals surface area contributed by atoms with E-state index in [1.54, 1.807) is 0 Å². The van der Waals surface area contributed by atoms with Gasteiger partial charge in [-0.15, -0.1) is 5.10 Å². The third kappa shape index (κ3) is 3.57. The standard InChI is InChI=1S/C9H13N5/c1-7-2-4-8(5-3-7)12-6-13-14-9(10)11/h2-6H,1H3,(H,12,13)(H4,10,11,14). The molecule has 0 aliphatic rings. The summed E-state index contributed by atoms with van der Waals surface area (Å²) in [7, 11) is 0. The van der Waals surface area contributed by atoms with Crippen LogP contribution in [0.3, 0.4) is 0 Å². The van der Waals surface area contributed by atoms with Crippen LogP contribution in [0, 0.1) is 6.92 Å². The van der Waals surface area contributed by atoms with E-state index in [4.69, 9.17) is 11.5 Å². The fourth-order valence-electron chi connectivity index (χ4n) is 0.838. The number of benzene rings is 1. The quantitative estimate of drug-likeness (QED) is 0.368. The normalized spacial score (nSPS) is 10.1. The summed E-state index contributed by atoms with van der Waals surface area (Å²) in [5.74, 6) is -0.0274. The Labute approximate surface area is 82.5 Å². The lowest BCUT2D eigenvalue weighted by Gasteiger charge is -1.94. The van der Waals surface area contributed by atoms with Crippen molar-refractivity contribution in [1.82, 2.24) is 5.43 Å². The molecular formula is C9H13N5. The van der Waals surface area contributed by atoms with E-state index < -0.39 is 0 Å². The van der Waals surface area contributed by atoms with Gasteiger partial charge in [0.05, 0.1) is 5.69 Å². The molecule has 0 aliphatic carbocycles. The molecule has 0 saturated carbocycles. The molecule has 1 rings (SSSR count). The maximum absolute atomic E-state index is 5.10. The number of nitrogens with two attached hydrogens (primary N) is 2. The number of aliphatic imine (C=N–C) groups is 1. The third-order valence-electron chi connectivity index (χ3n) is 1.50. The van der Waals surface area contributed by atoms with Crippen LogP contribution in [0.5, 0.6) is 0 Å². The van der Waals surface area contributed by atoms with Gasteiger partial charge in [0.1, 0.15) is 6.34 Å². The maximum atomic E-state index is 5.10. The first-order valence-corrected chi connectivity index (χ1v) is 4.12. The second-order valence-electron chi connectivity index (χ2n) is 2.76. The van der Waals surface area contributed by atoms with Crippen LogP contribution >= 0.6 is 0 Å². The van der Waals surface area contributed by atoms with Crippen molar-refractivity contribution in [1.29, 1.82) is 0 Å². The molecule has 5 nitrogen and oxygen atoms in total. The molecule has 1 aromatic carbocycles. The molecule has 0 heterocycles. The number of nitrogens with zero attached hydrogens (tertiary/aromatic N) is 2. The summed E-state index contributed by atoms with van der Waals surface area (Å²) in [5.41, 5.74) is 14.7. The van der Waals surface area contributed by atoms with Crippen molar-refractivity contribution in [3.63, 3.8) is 0 Å². The number of nitrogens with one attached hydrogen (secondary N) is 1. The lowest BCUT2D eigenvalue weighted by atomic mass is 10.2. The van der Waals surface area contributed by atoms with Crippen molar-refractivity contribution < 1.29 is 0 Å². The van der Waals surface area contributed by atoms with Crippen molar-refractivity contribution >= 4 is 18.0 Å². The summed E-state index contributed by atoms with van der Waals surface area (Å²) < 4.78 is 0. The molecule has 5 heteroatoms. The highest BCUT2D eigenvalue weighted by Crippen LogP contribution is 2.10. The van der Waals surface area contributed by atoms with Gasteiger partial charge in [0, 0.05) is 0 Å². The first-order valence-electron chi connectivity index (χ1n) is 4.12. The Hall–Kier alpha value is -2.04. The Morgan fingerprint density at radius 3 is 2.50 bits per heavy atom. The zero-order valence-corrected chi connectivity index (χ0v) is 7.94. The first kappa shape index (κ1) is 10.0. The van der Waals surface area contributed by atoms with Crippen molar-refractivity contribution in [3.05, 3.63) is 29.8 Å². The molecular weight excluding hydrogens is 178 g/mol. The van der Waals surface area contributed by atoms with Crippen molar-refractivity contribution in [2.45, 2.75) is 6.92 Å². The number of hydrogen-bond acceptors (Lipinski definition) is 2. The predicted octanol–water partition coefficient (Wildman–Crippen LogP) is 0.433. The second-order valence-corrected chi connectivity index (χ2v) is 2.76. The molecule has 74 valence electrons. The Morgan fingerprint density at radius 1 is 1.29 bits per heavy atom. The largest absolute Gasteiger partial charge is 0.369 e. The third-order valence-corrected chi connectivity index (χ3v) is 1.50. The zero-order chi connectivity index (χ0) is 10.4. The van der Waals surface area contributed by atoms with E-state index in [1.807, 2.05) is 31.2 Å². The van der Waals surface area contributed by atoms with Gasteiger partial charge in [0.2, 0.25) is 5.96 Å². The molecule has 0 saturated heterocycles. The van der Waals surface area contributed by atoms with Crippen LogP contribution in [0.1, 0.15) is 5.56 Å². The van der Waals surface area contributed by atoms with Crippen LogP contribution in [-0.2, 0) is 0 Å². The van der Waals surface area contributed by atoms with Crippen molar-refractivity contribution in [2.75, 3.05) is 0 Å². The smallest absolute Gasteiger partial charge is 0.208 e. The molecule has 0 unspecified atom stereocenters. The fraction of sp³-hybridized carbons (Fsp3) is 0.111. The highest BCUT2D eigenvalue weighted by molar-refractivity contribution is 5.76. The van der Waals surface area contributed by atoms with E-state index in [9.17, 15) is 0 Å². The van der Waals surface area contributed by atoms with Crippen LogP contribution in [0.2, 0.25) is 0 Å². The average Bonchev–Trinajstić information content (AvgIpc) is 2.15. The van der Waals surface area contributed by atoms with E-state index in [1.165, 1.54) is 11.9 Å². The first-order chi connectivity index (χ1) is 6.68. The highest BCUT2D eigenvalue weighted by atomic mass is 15.3. The summed E-state index contributed by atoms with van der Waals surface area (Å²) in [5, 5.41) is 3.53. The molecule has 0 amide bonds. The van der Waals surface area contributed by atoms with Gasteiger partial charge >= 0.3 is 0 Å². The summed E-state index contributed by atoms with van der Waals surface area (Å²) >= 11 is 0. The SMILES string of the molecule is Cc1ccc(N=CNN=C(N)N)cc1. The highest BCUT2D eigenvalue weighted by Gasteiger charge is 1.85. The molecule has 0 radical (unpaired) electrons. The molecule has 0 aliphatic heterocycles. The Kier molecular flexibility index (Phi) is 3.49. The van der Waals surface area contributed by atoms with Crippen molar-refractivity contribution in [2.24, 2.45) is 21.6 Å². The van der Waals surface area contributed by atoms with Crippen molar-refractivity contribution in [3.8, 4) is 0 Å². The average molecular weight is 191 g/mol. The van der Waals surface area contributed by atoms with Crippen LogP contribution < -0.4 is 16.9 Å². The number of aryl methyl sites for hydroxylation is 1. The van der Waals surface area contributed by atoms with Crippen LogP contribution in [0.25, 0.3) is 0 Å². The molecule has 1 aromatic rings. The van der Waals surface area contributed by atoms with Gasteiger partial charge in [-0.05, 0) is 19.1 Å². The van der Waals surface area contributed by atoms with Gasteiger partial charge < -0.3 is 11.5 Å². The minimum Gasteiger partial charge on any atom is -0.369 e. The van der Waals surface area contributed by atoms with Gasteiger partial charge in [0.15, 0.2) is 0 Å². The summed E-state index contributed by atoms with van der Waals surface area (Å²) in [6.45, 7) is 2.02. The molecule has 0 aromatic heterocycles. The molecule has 5 N–H and O–H groups in total. The molecule has 0 spiro atoms. The van der Waals surface area contributed by atoms with Gasteiger partial charge in [-0.25, -0.2) is 4.99 Å². The monoisotopic (exact) mass is 191 g/mol. The molecule has 0 fully saturated rings. The molecule has 0 atom stereocenters. The van der Waals surface area contributed by atoms with Gasteiger partial charge in [-0.2, -0.15) is 0 Å². The minimum atomic E-state index is -0.0274. The summed E-state index contributed by atoms with van der Waals surface area (Å²) in [6.07, 6.45) is 1.42. The lowest BCUT2D eigenvalue weighted by Crippen LogP contribution is -2.25. The predicted molar refractivity (Wildman–Crippen MR) is 58.3 cm³/mol. The van der Waals surface area contributed by atoms with Gasteiger partial charge in [-0.3, -0.25) is 5.43 Å². The Bertz CT molecular complexity index is 335. The van der Waals surface area contributed by atoms with Crippen LogP contribution in [0.4, 0.5) is 5.69 Å². The fourth-order valence-corrected chi connectivity index (χ4v) is 0.838. The van der Waals surface area contributed by atoms with E-state index in [-0.39, 0.29) is 5.96 Å². The summed E-state index contributed by atoms with van der Waals surface area (Å²) in [4.78, 5) is 4.06. The second kappa shape index (κ2) is 4.86. The van der Waals surface area contributed by atoms with Crippen LogP contribution in [0.15, 0.2) is 34.4 Å².